The van der Waals surface area contributed by atoms with Gasteiger partial charge in [0.15, 0.2) is 5.65 Å². The van der Waals surface area contributed by atoms with Gasteiger partial charge in [-0.1, -0.05) is 38.9 Å². The van der Waals surface area contributed by atoms with Gasteiger partial charge in [0.05, 0.1) is 6.33 Å². The number of aromatic nitrogens is 4. The second-order valence-corrected chi connectivity index (χ2v) is 5.09. The number of imidazole rings is 1. The summed E-state index contributed by atoms with van der Waals surface area (Å²) in [5.74, 6) is 0. The van der Waals surface area contributed by atoms with Crippen molar-refractivity contribution in [2.24, 2.45) is 0 Å². The van der Waals surface area contributed by atoms with Crippen LogP contribution >= 0.6 is 12.2 Å². The van der Waals surface area contributed by atoms with Gasteiger partial charge in [0.2, 0.25) is 0 Å². The molecule has 106 valence electrons. The Hall–Kier alpha value is -0.430. The van der Waals surface area contributed by atoms with Crippen molar-refractivity contribution in [3.63, 3.8) is 0 Å². The molecule has 5 nitrogen and oxygen atoms in total. The summed E-state index contributed by atoms with van der Waals surface area (Å²) in [5, 5.41) is 0. The number of nitrogens with one attached hydrogen (secondary N) is 1. The molecule has 0 spiro atoms. The van der Waals surface area contributed by atoms with Gasteiger partial charge in [-0.2, -0.15) is 0 Å². The monoisotopic (exact) mass is 304 g/mol. The number of aryl methyl sites for hydroxylation is 1. The summed E-state index contributed by atoms with van der Waals surface area (Å²) in [6.45, 7) is 5.58. The van der Waals surface area contributed by atoms with Crippen LogP contribution in [0.4, 0.5) is 0 Å². The maximum absolute atomic E-state index is 12.5. The molecule has 0 radical (unpaired) electrons. The molecular formula is C13H21N4NaOS. The van der Waals surface area contributed by atoms with Crippen molar-refractivity contribution in [3.05, 3.63) is 21.5 Å². The Morgan fingerprint density at radius 3 is 2.40 bits per heavy atom. The third-order valence-electron chi connectivity index (χ3n) is 3.27. The molecule has 0 aliphatic rings. The quantitative estimate of drug-likeness (QED) is 0.657. The Morgan fingerprint density at radius 1 is 1.20 bits per heavy atom. The molecule has 0 saturated heterocycles. The van der Waals surface area contributed by atoms with Gasteiger partial charge in [0, 0.05) is 13.1 Å². The second kappa shape index (κ2) is 8.12. The zero-order valence-electron chi connectivity index (χ0n) is 11.5. The van der Waals surface area contributed by atoms with Crippen molar-refractivity contribution in [1.82, 2.24) is 19.1 Å². The topological polar surface area (TPSA) is 55.6 Å². The van der Waals surface area contributed by atoms with Crippen molar-refractivity contribution in [1.29, 1.82) is 0 Å². The first-order valence-corrected chi connectivity index (χ1v) is 7.28. The predicted octanol–water partition coefficient (Wildman–Crippen LogP) is 2.21. The molecule has 2 rings (SSSR count). The SMILES string of the molecule is CCCCn1c(=S)c2[nH]cnc2n(CCCC)c1=O.[NaH]. The summed E-state index contributed by atoms with van der Waals surface area (Å²) in [6.07, 6.45) is 5.61. The molecule has 0 bridgehead atoms. The average Bonchev–Trinajstić information content (AvgIpc) is 2.88. The molecule has 0 amide bonds. The third kappa shape index (κ3) is 3.42. The van der Waals surface area contributed by atoms with E-state index in [2.05, 4.69) is 23.8 Å². The third-order valence-corrected chi connectivity index (χ3v) is 3.69. The van der Waals surface area contributed by atoms with Gasteiger partial charge in [0.1, 0.15) is 10.2 Å². The van der Waals surface area contributed by atoms with Crippen molar-refractivity contribution < 1.29 is 0 Å². The van der Waals surface area contributed by atoms with E-state index in [-0.39, 0.29) is 35.2 Å². The second-order valence-electron chi connectivity index (χ2n) is 4.70. The first kappa shape index (κ1) is 17.6. The number of rotatable bonds is 6. The van der Waals surface area contributed by atoms with Crippen LogP contribution in [0.15, 0.2) is 11.1 Å². The van der Waals surface area contributed by atoms with E-state index in [9.17, 15) is 4.79 Å². The van der Waals surface area contributed by atoms with Gasteiger partial charge < -0.3 is 4.98 Å². The summed E-state index contributed by atoms with van der Waals surface area (Å²) >= 11 is 5.40. The number of nitrogens with zero attached hydrogens (tertiary/aromatic N) is 3. The summed E-state index contributed by atoms with van der Waals surface area (Å²) in [5.41, 5.74) is 1.43. The average molecular weight is 304 g/mol. The predicted molar refractivity (Wildman–Crippen MR) is 86.1 cm³/mol. The molecule has 0 atom stereocenters. The van der Waals surface area contributed by atoms with Crippen molar-refractivity contribution in [2.45, 2.75) is 52.6 Å². The Kier molecular flexibility index (Phi) is 7.15. The molecule has 20 heavy (non-hydrogen) atoms. The number of hydrogen-bond acceptors (Lipinski definition) is 3. The minimum atomic E-state index is -0.0356. The van der Waals surface area contributed by atoms with Crippen LogP contribution in [0.1, 0.15) is 39.5 Å². The van der Waals surface area contributed by atoms with Crippen molar-refractivity contribution in [3.8, 4) is 0 Å². The maximum atomic E-state index is 12.5. The Bertz CT molecular complexity index is 673. The summed E-state index contributed by atoms with van der Waals surface area (Å²) in [4.78, 5) is 19.8. The van der Waals surface area contributed by atoms with Gasteiger partial charge in [-0.15, -0.1) is 0 Å². The van der Waals surface area contributed by atoms with E-state index in [1.807, 2.05) is 0 Å². The van der Waals surface area contributed by atoms with E-state index >= 15 is 0 Å². The minimum absolute atomic E-state index is 0. The van der Waals surface area contributed by atoms with Crippen molar-refractivity contribution >= 4 is 52.9 Å². The number of unbranched alkanes of at least 4 members (excludes halogenated alkanes) is 2. The molecule has 0 saturated carbocycles. The number of fused-ring (bicyclic) bond motifs is 1. The van der Waals surface area contributed by atoms with Crippen molar-refractivity contribution in [2.75, 3.05) is 0 Å². The first-order valence-electron chi connectivity index (χ1n) is 6.87. The first-order chi connectivity index (χ1) is 9.20. The summed E-state index contributed by atoms with van der Waals surface area (Å²) in [6, 6.07) is 0. The van der Waals surface area contributed by atoms with E-state index in [0.29, 0.717) is 23.4 Å². The molecule has 0 aliphatic heterocycles. The van der Waals surface area contributed by atoms with Crippen LogP contribution in [0.3, 0.4) is 0 Å². The number of H-pyrrole nitrogens is 1. The molecule has 0 aromatic carbocycles. The molecule has 2 heterocycles. The normalized spacial score (nSPS) is 10.7. The van der Waals surface area contributed by atoms with E-state index < -0.39 is 0 Å². The van der Waals surface area contributed by atoms with Crippen LogP contribution in [0.5, 0.6) is 0 Å². The standard InChI is InChI=1S/C13H20N4OS.Na.H/c1-3-5-7-16-11-10(14-9-15-11)12(19)17(13(16)18)8-6-4-2;;/h9H,3-8H2,1-2H3,(H,14,15);;. The molecular weight excluding hydrogens is 283 g/mol. The molecule has 1 N–H and O–H groups in total. The zero-order chi connectivity index (χ0) is 13.8. The van der Waals surface area contributed by atoms with Crippen LogP contribution in [-0.4, -0.2) is 48.7 Å². The molecule has 0 fully saturated rings. The molecule has 0 aliphatic carbocycles. The van der Waals surface area contributed by atoms with Crippen LogP contribution in [-0.2, 0) is 13.1 Å². The molecule has 0 unspecified atom stereocenters. The molecule has 2 aromatic rings. The van der Waals surface area contributed by atoms with Gasteiger partial charge in [-0.05, 0) is 12.8 Å². The van der Waals surface area contributed by atoms with E-state index in [1.54, 1.807) is 15.5 Å². The van der Waals surface area contributed by atoms with Crippen LogP contribution in [0.2, 0.25) is 0 Å². The van der Waals surface area contributed by atoms with E-state index in [4.69, 9.17) is 12.2 Å². The van der Waals surface area contributed by atoms with E-state index in [1.165, 1.54) is 0 Å². The van der Waals surface area contributed by atoms with Gasteiger partial charge >= 0.3 is 35.2 Å². The Balaban J connectivity index is 0.00000200. The molecule has 7 heteroatoms. The van der Waals surface area contributed by atoms with Crippen LogP contribution in [0.25, 0.3) is 11.2 Å². The fourth-order valence-corrected chi connectivity index (χ4v) is 2.46. The van der Waals surface area contributed by atoms with Crippen LogP contribution in [0, 0.1) is 4.64 Å². The van der Waals surface area contributed by atoms with Gasteiger partial charge in [-0.3, -0.25) is 9.13 Å². The summed E-state index contributed by atoms with van der Waals surface area (Å²) < 4.78 is 3.99. The van der Waals surface area contributed by atoms with E-state index in [0.717, 1.165) is 31.2 Å². The number of hydrogen-bond donors (Lipinski definition) is 1. The van der Waals surface area contributed by atoms with Gasteiger partial charge in [-0.25, -0.2) is 9.78 Å². The summed E-state index contributed by atoms with van der Waals surface area (Å²) in [7, 11) is 0. The molecule has 2 aromatic heterocycles. The Morgan fingerprint density at radius 2 is 1.80 bits per heavy atom. The Labute approximate surface area is 145 Å². The fourth-order valence-electron chi connectivity index (χ4n) is 2.14. The number of aromatic amines is 1. The fraction of sp³-hybridized carbons (Fsp3) is 0.615. The van der Waals surface area contributed by atoms with Gasteiger partial charge in [0.25, 0.3) is 0 Å². The van der Waals surface area contributed by atoms with Crippen LogP contribution < -0.4 is 5.69 Å². The zero-order valence-corrected chi connectivity index (χ0v) is 12.3.